The highest BCUT2D eigenvalue weighted by Gasteiger charge is 2.28. The SMILES string of the molecule is CCC(C(=O)NC)N(Cc1cccc(OC)c1)C(=O)CCCN(c1ccc(F)c(F)c1)S(C)(=O)=O. The maximum atomic E-state index is 13.7. The fourth-order valence-electron chi connectivity index (χ4n) is 3.70. The van der Waals surface area contributed by atoms with Crippen LogP contribution >= 0.6 is 0 Å². The molecule has 0 spiro atoms. The van der Waals surface area contributed by atoms with Crippen LogP contribution in [0.4, 0.5) is 14.5 Å². The Bertz CT molecular complexity index is 1140. The van der Waals surface area contributed by atoms with Gasteiger partial charge in [0.1, 0.15) is 11.8 Å². The van der Waals surface area contributed by atoms with E-state index in [2.05, 4.69) is 5.32 Å². The van der Waals surface area contributed by atoms with Gasteiger partial charge in [-0.2, -0.15) is 0 Å². The zero-order valence-corrected chi connectivity index (χ0v) is 21.1. The number of carbonyl (C=O) groups excluding carboxylic acids is 2. The fraction of sp³-hybridized carbons (Fsp3) is 0.417. The number of likely N-dealkylation sites (N-methyl/N-ethyl adjacent to an activating group) is 1. The third-order valence-corrected chi connectivity index (χ3v) is 6.66. The minimum atomic E-state index is -3.82. The largest absolute Gasteiger partial charge is 0.497 e. The van der Waals surface area contributed by atoms with E-state index < -0.39 is 27.7 Å². The van der Waals surface area contributed by atoms with Gasteiger partial charge < -0.3 is 15.0 Å². The topological polar surface area (TPSA) is 96.0 Å². The van der Waals surface area contributed by atoms with Crippen LogP contribution in [0.15, 0.2) is 42.5 Å². The van der Waals surface area contributed by atoms with Gasteiger partial charge in [-0.25, -0.2) is 17.2 Å². The molecular weight excluding hydrogens is 480 g/mol. The second kappa shape index (κ2) is 12.5. The summed E-state index contributed by atoms with van der Waals surface area (Å²) in [5.74, 6) is -2.32. The quantitative estimate of drug-likeness (QED) is 0.473. The van der Waals surface area contributed by atoms with Gasteiger partial charge in [-0.1, -0.05) is 19.1 Å². The van der Waals surface area contributed by atoms with Gasteiger partial charge in [-0.05, 0) is 42.7 Å². The second-order valence-corrected chi connectivity index (χ2v) is 9.86. The van der Waals surface area contributed by atoms with E-state index in [0.717, 1.165) is 34.3 Å². The molecule has 0 heterocycles. The summed E-state index contributed by atoms with van der Waals surface area (Å²) in [5.41, 5.74) is 0.725. The van der Waals surface area contributed by atoms with Crippen molar-refractivity contribution in [3.8, 4) is 5.75 Å². The normalized spacial score (nSPS) is 12.1. The molecule has 0 aromatic heterocycles. The molecule has 0 radical (unpaired) electrons. The van der Waals surface area contributed by atoms with Crippen LogP contribution in [0.25, 0.3) is 0 Å². The highest BCUT2D eigenvalue weighted by Crippen LogP contribution is 2.22. The van der Waals surface area contributed by atoms with Gasteiger partial charge in [0.2, 0.25) is 21.8 Å². The summed E-state index contributed by atoms with van der Waals surface area (Å²) in [7, 11) is -0.798. The molecule has 2 aromatic carbocycles. The molecule has 8 nitrogen and oxygen atoms in total. The maximum Gasteiger partial charge on any atom is 0.242 e. The highest BCUT2D eigenvalue weighted by molar-refractivity contribution is 7.92. The molecule has 0 aliphatic heterocycles. The van der Waals surface area contributed by atoms with Crippen LogP contribution in [0.3, 0.4) is 0 Å². The summed E-state index contributed by atoms with van der Waals surface area (Å²) in [6.07, 6.45) is 1.36. The van der Waals surface area contributed by atoms with E-state index in [1.54, 1.807) is 25.1 Å². The van der Waals surface area contributed by atoms with Crippen LogP contribution in [-0.2, 0) is 26.2 Å². The number of rotatable bonds is 12. The van der Waals surface area contributed by atoms with Crippen molar-refractivity contribution in [2.75, 3.05) is 31.3 Å². The lowest BCUT2D eigenvalue weighted by Gasteiger charge is -2.31. The lowest BCUT2D eigenvalue weighted by molar-refractivity contribution is -0.141. The Morgan fingerprint density at radius 1 is 1.11 bits per heavy atom. The smallest absolute Gasteiger partial charge is 0.242 e. The predicted octanol–water partition coefficient (Wildman–Crippen LogP) is 3.07. The molecule has 1 unspecified atom stereocenters. The number of hydrogen-bond donors (Lipinski definition) is 1. The Hall–Kier alpha value is -3.21. The Kier molecular flexibility index (Phi) is 10.00. The molecule has 192 valence electrons. The molecule has 0 bridgehead atoms. The van der Waals surface area contributed by atoms with Gasteiger partial charge in [0.05, 0.1) is 19.1 Å². The maximum absolute atomic E-state index is 13.7. The molecular formula is C24H31F2N3O5S. The van der Waals surface area contributed by atoms with Gasteiger partial charge in [-0.3, -0.25) is 13.9 Å². The number of nitrogens with one attached hydrogen (secondary N) is 1. The molecule has 0 aliphatic rings. The molecule has 0 aliphatic carbocycles. The number of methoxy groups -OCH3 is 1. The monoisotopic (exact) mass is 511 g/mol. The summed E-state index contributed by atoms with van der Waals surface area (Å²) in [5, 5.41) is 2.57. The molecule has 2 amide bonds. The van der Waals surface area contributed by atoms with E-state index in [1.165, 1.54) is 19.1 Å². The first-order chi connectivity index (χ1) is 16.5. The van der Waals surface area contributed by atoms with E-state index in [1.807, 2.05) is 6.07 Å². The van der Waals surface area contributed by atoms with Crippen LogP contribution in [0.1, 0.15) is 31.7 Å². The standard InChI is InChI=1S/C24H31F2N3O5S/c1-5-22(24(31)27-2)28(16-17-8-6-9-19(14-17)34-3)23(30)10-7-13-29(35(4,32)33)18-11-12-20(25)21(26)15-18/h6,8-9,11-12,14-15,22H,5,7,10,13,16H2,1-4H3,(H,27,31). The highest BCUT2D eigenvalue weighted by atomic mass is 32.2. The Morgan fingerprint density at radius 3 is 2.40 bits per heavy atom. The van der Waals surface area contributed by atoms with Crippen molar-refractivity contribution >= 4 is 27.5 Å². The number of ether oxygens (including phenoxy) is 1. The van der Waals surface area contributed by atoms with Gasteiger partial charge in [0.25, 0.3) is 0 Å². The van der Waals surface area contributed by atoms with Crippen LogP contribution in [0.5, 0.6) is 5.75 Å². The zero-order chi connectivity index (χ0) is 26.2. The average Bonchev–Trinajstić information content (AvgIpc) is 2.82. The number of halogens is 2. The van der Waals surface area contributed by atoms with Gasteiger partial charge >= 0.3 is 0 Å². The van der Waals surface area contributed by atoms with Gasteiger partial charge in [-0.15, -0.1) is 0 Å². The van der Waals surface area contributed by atoms with Crippen LogP contribution in [0.2, 0.25) is 0 Å². The molecule has 11 heteroatoms. The van der Waals surface area contributed by atoms with Crippen molar-refractivity contribution in [2.45, 2.75) is 38.8 Å². The van der Waals surface area contributed by atoms with Crippen molar-refractivity contribution in [1.29, 1.82) is 0 Å². The number of anilines is 1. The molecule has 35 heavy (non-hydrogen) atoms. The number of nitrogens with zero attached hydrogens (tertiary/aromatic N) is 2. The number of benzene rings is 2. The van der Waals surface area contributed by atoms with Gasteiger partial charge in [0.15, 0.2) is 11.6 Å². The first kappa shape index (κ1) is 28.0. The van der Waals surface area contributed by atoms with Gasteiger partial charge in [0, 0.05) is 32.6 Å². The summed E-state index contributed by atoms with van der Waals surface area (Å²) in [6.45, 7) is 1.82. The van der Waals surface area contributed by atoms with Crippen LogP contribution in [-0.4, -0.2) is 58.1 Å². The molecule has 0 fully saturated rings. The zero-order valence-electron chi connectivity index (χ0n) is 20.3. The minimum absolute atomic E-state index is 0.0381. The average molecular weight is 512 g/mol. The molecule has 2 rings (SSSR count). The van der Waals surface area contributed by atoms with E-state index in [-0.39, 0.29) is 43.4 Å². The van der Waals surface area contributed by atoms with Crippen molar-refractivity contribution in [2.24, 2.45) is 0 Å². The van der Waals surface area contributed by atoms with Crippen molar-refractivity contribution in [1.82, 2.24) is 10.2 Å². The Balaban J connectivity index is 2.22. The van der Waals surface area contributed by atoms with Crippen molar-refractivity contribution in [3.63, 3.8) is 0 Å². The van der Waals surface area contributed by atoms with Crippen molar-refractivity contribution < 1.29 is 31.5 Å². The summed E-state index contributed by atoms with van der Waals surface area (Å²) in [6, 6.07) is 9.21. The van der Waals surface area contributed by atoms with Crippen LogP contribution in [0, 0.1) is 11.6 Å². The second-order valence-electron chi connectivity index (χ2n) is 7.95. The number of sulfonamides is 1. The molecule has 2 aromatic rings. The Morgan fingerprint density at radius 2 is 1.83 bits per heavy atom. The summed E-state index contributed by atoms with van der Waals surface area (Å²) >= 11 is 0. The van der Waals surface area contributed by atoms with E-state index in [0.29, 0.717) is 12.2 Å². The minimum Gasteiger partial charge on any atom is -0.497 e. The van der Waals surface area contributed by atoms with E-state index in [4.69, 9.17) is 4.74 Å². The number of carbonyl (C=O) groups is 2. The first-order valence-corrected chi connectivity index (χ1v) is 12.9. The third kappa shape index (κ3) is 7.64. The van der Waals surface area contributed by atoms with Crippen molar-refractivity contribution in [3.05, 3.63) is 59.7 Å². The Labute approximate surface area is 204 Å². The third-order valence-electron chi connectivity index (χ3n) is 5.46. The predicted molar refractivity (Wildman–Crippen MR) is 129 cm³/mol. The van der Waals surface area contributed by atoms with E-state index >= 15 is 0 Å². The first-order valence-electron chi connectivity index (χ1n) is 11.1. The summed E-state index contributed by atoms with van der Waals surface area (Å²) < 4.78 is 57.7. The lowest BCUT2D eigenvalue weighted by Crippen LogP contribution is -2.48. The molecule has 1 N–H and O–H groups in total. The molecule has 0 saturated heterocycles. The fourth-order valence-corrected chi connectivity index (χ4v) is 4.65. The summed E-state index contributed by atoms with van der Waals surface area (Å²) in [4.78, 5) is 27.2. The van der Waals surface area contributed by atoms with Crippen LogP contribution < -0.4 is 14.4 Å². The number of hydrogen-bond acceptors (Lipinski definition) is 5. The van der Waals surface area contributed by atoms with E-state index in [9.17, 15) is 26.8 Å². The molecule has 0 saturated carbocycles. The lowest BCUT2D eigenvalue weighted by atomic mass is 10.1. The number of amides is 2. The molecule has 1 atom stereocenters.